The standard InChI is InChI=1S/C13H15NO/c1-3-9-5-4-6-10-7-11(15)8-12(14-2)13(9)10/h4-8,14-15H,3H2,1-2H3. The van der Waals surface area contributed by atoms with Gasteiger partial charge < -0.3 is 10.4 Å². The Morgan fingerprint density at radius 3 is 2.73 bits per heavy atom. The van der Waals surface area contributed by atoms with Gasteiger partial charge in [0.25, 0.3) is 0 Å². The number of rotatable bonds is 2. The molecule has 0 aliphatic carbocycles. The number of hydrogen-bond donors (Lipinski definition) is 2. The molecular formula is C13H15NO. The summed E-state index contributed by atoms with van der Waals surface area (Å²) >= 11 is 0. The Hall–Kier alpha value is -1.70. The zero-order valence-electron chi connectivity index (χ0n) is 9.04. The van der Waals surface area contributed by atoms with Crippen molar-refractivity contribution >= 4 is 16.5 Å². The Bertz CT molecular complexity index is 491. The summed E-state index contributed by atoms with van der Waals surface area (Å²) in [5.74, 6) is 0.306. The molecule has 0 fully saturated rings. The van der Waals surface area contributed by atoms with Crippen LogP contribution in [0.15, 0.2) is 30.3 Å². The van der Waals surface area contributed by atoms with Crippen molar-refractivity contribution in [2.45, 2.75) is 13.3 Å². The van der Waals surface area contributed by atoms with Gasteiger partial charge in [-0.25, -0.2) is 0 Å². The van der Waals surface area contributed by atoms with Gasteiger partial charge in [0, 0.05) is 24.2 Å². The molecular weight excluding hydrogens is 186 g/mol. The van der Waals surface area contributed by atoms with Gasteiger partial charge in [0.05, 0.1) is 0 Å². The van der Waals surface area contributed by atoms with Crippen molar-refractivity contribution in [1.82, 2.24) is 0 Å². The minimum Gasteiger partial charge on any atom is -0.508 e. The lowest BCUT2D eigenvalue weighted by Crippen LogP contribution is -1.92. The molecule has 0 amide bonds. The van der Waals surface area contributed by atoms with Crippen LogP contribution in [0.5, 0.6) is 5.75 Å². The highest BCUT2D eigenvalue weighted by atomic mass is 16.3. The second kappa shape index (κ2) is 3.81. The third kappa shape index (κ3) is 1.63. The first-order valence-corrected chi connectivity index (χ1v) is 5.18. The summed E-state index contributed by atoms with van der Waals surface area (Å²) in [6.45, 7) is 2.14. The quantitative estimate of drug-likeness (QED) is 0.782. The highest BCUT2D eigenvalue weighted by Gasteiger charge is 2.05. The second-order valence-electron chi connectivity index (χ2n) is 3.61. The summed E-state index contributed by atoms with van der Waals surface area (Å²) in [5.41, 5.74) is 2.29. The summed E-state index contributed by atoms with van der Waals surface area (Å²) in [4.78, 5) is 0. The third-order valence-electron chi connectivity index (χ3n) is 2.70. The molecule has 15 heavy (non-hydrogen) atoms. The first-order valence-electron chi connectivity index (χ1n) is 5.18. The minimum absolute atomic E-state index is 0.306. The van der Waals surface area contributed by atoms with E-state index in [1.165, 1.54) is 10.9 Å². The molecule has 78 valence electrons. The van der Waals surface area contributed by atoms with Crippen LogP contribution in [0.1, 0.15) is 12.5 Å². The largest absolute Gasteiger partial charge is 0.508 e. The molecule has 2 rings (SSSR count). The van der Waals surface area contributed by atoms with Crippen molar-refractivity contribution in [3.8, 4) is 5.75 Å². The third-order valence-corrected chi connectivity index (χ3v) is 2.70. The van der Waals surface area contributed by atoms with E-state index in [0.29, 0.717) is 5.75 Å². The summed E-state index contributed by atoms with van der Waals surface area (Å²) in [6, 6.07) is 9.74. The molecule has 0 aliphatic heterocycles. The monoisotopic (exact) mass is 201 g/mol. The average molecular weight is 201 g/mol. The fourth-order valence-corrected chi connectivity index (χ4v) is 1.98. The van der Waals surface area contributed by atoms with Crippen LogP contribution in [-0.2, 0) is 6.42 Å². The SMILES string of the molecule is CCc1cccc2cc(O)cc(NC)c12. The van der Waals surface area contributed by atoms with E-state index in [0.717, 1.165) is 17.5 Å². The van der Waals surface area contributed by atoms with E-state index in [1.54, 1.807) is 12.1 Å². The van der Waals surface area contributed by atoms with Gasteiger partial charge in [-0.15, -0.1) is 0 Å². The van der Waals surface area contributed by atoms with Gasteiger partial charge in [0.1, 0.15) is 5.75 Å². The van der Waals surface area contributed by atoms with E-state index in [4.69, 9.17) is 0 Å². The summed E-state index contributed by atoms with van der Waals surface area (Å²) in [7, 11) is 1.88. The van der Waals surface area contributed by atoms with E-state index in [1.807, 2.05) is 19.2 Å². The van der Waals surface area contributed by atoms with Gasteiger partial charge in [-0.05, 0) is 23.4 Å². The normalized spacial score (nSPS) is 10.5. The van der Waals surface area contributed by atoms with Crippen LogP contribution in [0.2, 0.25) is 0 Å². The van der Waals surface area contributed by atoms with Crippen LogP contribution < -0.4 is 5.32 Å². The number of phenols is 1. The molecule has 0 saturated carbocycles. The number of nitrogens with one attached hydrogen (secondary N) is 1. The molecule has 2 aromatic rings. The fourth-order valence-electron chi connectivity index (χ4n) is 1.98. The number of benzene rings is 2. The molecule has 0 radical (unpaired) electrons. The zero-order valence-corrected chi connectivity index (χ0v) is 9.04. The van der Waals surface area contributed by atoms with E-state index in [-0.39, 0.29) is 0 Å². The lowest BCUT2D eigenvalue weighted by atomic mass is 10.0. The molecule has 2 aromatic carbocycles. The Kier molecular flexibility index (Phi) is 2.50. The zero-order chi connectivity index (χ0) is 10.8. The first kappa shape index (κ1) is 9.84. The van der Waals surface area contributed by atoms with Gasteiger partial charge in [-0.3, -0.25) is 0 Å². The Morgan fingerprint density at radius 2 is 2.07 bits per heavy atom. The Balaban J connectivity index is 2.84. The maximum atomic E-state index is 9.57. The molecule has 0 atom stereocenters. The molecule has 0 bridgehead atoms. The van der Waals surface area contributed by atoms with Crippen molar-refractivity contribution in [2.75, 3.05) is 12.4 Å². The van der Waals surface area contributed by atoms with Gasteiger partial charge in [-0.1, -0.05) is 25.1 Å². The smallest absolute Gasteiger partial charge is 0.118 e. The molecule has 0 heterocycles. The first-order chi connectivity index (χ1) is 7.26. The van der Waals surface area contributed by atoms with Crippen molar-refractivity contribution < 1.29 is 5.11 Å². The van der Waals surface area contributed by atoms with Gasteiger partial charge in [-0.2, -0.15) is 0 Å². The van der Waals surface area contributed by atoms with Gasteiger partial charge in [0.2, 0.25) is 0 Å². The molecule has 0 unspecified atom stereocenters. The van der Waals surface area contributed by atoms with Crippen LogP contribution in [0.4, 0.5) is 5.69 Å². The Labute approximate surface area is 89.6 Å². The number of phenolic OH excluding ortho intramolecular Hbond substituents is 1. The van der Waals surface area contributed by atoms with Crippen molar-refractivity contribution in [1.29, 1.82) is 0 Å². The van der Waals surface area contributed by atoms with E-state index >= 15 is 0 Å². The highest BCUT2D eigenvalue weighted by molar-refractivity contribution is 5.97. The van der Waals surface area contributed by atoms with Gasteiger partial charge >= 0.3 is 0 Å². The fraction of sp³-hybridized carbons (Fsp3) is 0.231. The van der Waals surface area contributed by atoms with Crippen LogP contribution in [-0.4, -0.2) is 12.2 Å². The predicted octanol–water partition coefficient (Wildman–Crippen LogP) is 3.15. The van der Waals surface area contributed by atoms with Crippen molar-refractivity contribution in [3.05, 3.63) is 35.9 Å². The second-order valence-corrected chi connectivity index (χ2v) is 3.61. The number of hydrogen-bond acceptors (Lipinski definition) is 2. The lowest BCUT2D eigenvalue weighted by molar-refractivity contribution is 0.476. The average Bonchev–Trinajstić information content (AvgIpc) is 2.26. The van der Waals surface area contributed by atoms with E-state index in [2.05, 4.69) is 18.3 Å². The summed E-state index contributed by atoms with van der Waals surface area (Å²) < 4.78 is 0. The van der Waals surface area contributed by atoms with Crippen molar-refractivity contribution in [2.24, 2.45) is 0 Å². The number of aryl methyl sites for hydroxylation is 1. The van der Waals surface area contributed by atoms with Crippen LogP contribution >= 0.6 is 0 Å². The lowest BCUT2D eigenvalue weighted by Gasteiger charge is -2.10. The Morgan fingerprint density at radius 1 is 1.27 bits per heavy atom. The number of aromatic hydroxyl groups is 1. The predicted molar refractivity (Wildman–Crippen MR) is 64.5 cm³/mol. The topological polar surface area (TPSA) is 32.3 Å². The molecule has 0 aliphatic rings. The molecule has 0 aromatic heterocycles. The molecule has 2 heteroatoms. The highest BCUT2D eigenvalue weighted by Crippen LogP contribution is 2.31. The van der Waals surface area contributed by atoms with Crippen LogP contribution in [0, 0.1) is 0 Å². The molecule has 2 nitrogen and oxygen atoms in total. The van der Waals surface area contributed by atoms with Crippen LogP contribution in [0.3, 0.4) is 0 Å². The molecule has 0 spiro atoms. The maximum absolute atomic E-state index is 9.57. The van der Waals surface area contributed by atoms with E-state index in [9.17, 15) is 5.11 Å². The van der Waals surface area contributed by atoms with Crippen molar-refractivity contribution in [3.63, 3.8) is 0 Å². The molecule has 2 N–H and O–H groups in total. The maximum Gasteiger partial charge on any atom is 0.118 e. The molecule has 0 saturated heterocycles. The summed E-state index contributed by atoms with van der Waals surface area (Å²) in [5, 5.41) is 15.0. The van der Waals surface area contributed by atoms with Crippen LogP contribution in [0.25, 0.3) is 10.8 Å². The minimum atomic E-state index is 0.306. The summed E-state index contributed by atoms with van der Waals surface area (Å²) in [6.07, 6.45) is 0.997. The van der Waals surface area contributed by atoms with Gasteiger partial charge in [0.15, 0.2) is 0 Å². The number of fused-ring (bicyclic) bond motifs is 1. The van der Waals surface area contributed by atoms with E-state index < -0.39 is 0 Å². The number of anilines is 1.